The third kappa shape index (κ3) is 3.13. The van der Waals surface area contributed by atoms with Crippen LogP contribution in [-0.4, -0.2) is 9.97 Å². The minimum atomic E-state index is 0.739. The minimum absolute atomic E-state index is 0.739. The first-order valence-electron chi connectivity index (χ1n) is 8.76. The first-order valence-corrected chi connectivity index (χ1v) is 10.6. The summed E-state index contributed by atoms with van der Waals surface area (Å²) in [5.41, 5.74) is 14.1. The summed E-state index contributed by atoms with van der Waals surface area (Å²) in [5.74, 6) is 0. The normalized spacial score (nSPS) is 11.0. The van der Waals surface area contributed by atoms with Gasteiger partial charge in [0, 0.05) is 33.3 Å². The number of aromatic nitrogens is 2. The Morgan fingerprint density at radius 3 is 2.07 bits per heavy atom. The number of hydrogen-bond acceptors (Lipinski definition) is 6. The lowest BCUT2D eigenvalue weighted by atomic mass is 10.1. The molecule has 0 fully saturated rings. The molecule has 0 atom stereocenters. The van der Waals surface area contributed by atoms with E-state index in [1.54, 1.807) is 22.7 Å². The molecule has 3 heterocycles. The predicted molar refractivity (Wildman–Crippen MR) is 120 cm³/mol. The fraction of sp³-hybridized carbons (Fsp3) is 0. The van der Waals surface area contributed by atoms with E-state index in [-0.39, 0.29) is 0 Å². The van der Waals surface area contributed by atoms with Crippen molar-refractivity contribution < 1.29 is 0 Å². The molecule has 0 radical (unpaired) electrons. The number of nitrogens with zero attached hydrogens (tertiary/aromatic N) is 2. The van der Waals surface area contributed by atoms with Crippen LogP contribution in [0.25, 0.3) is 33.5 Å². The summed E-state index contributed by atoms with van der Waals surface area (Å²) in [5, 5.41) is 11.8. The topological polar surface area (TPSA) is 63.8 Å². The predicted octanol–water partition coefficient (Wildman–Crippen LogP) is 6.41. The van der Waals surface area contributed by atoms with Crippen molar-refractivity contribution in [3.63, 3.8) is 0 Å². The van der Waals surface area contributed by atoms with Crippen LogP contribution >= 0.6 is 22.7 Å². The van der Waals surface area contributed by atoms with Crippen molar-refractivity contribution in [3.8, 4) is 22.5 Å². The van der Waals surface area contributed by atoms with Crippen LogP contribution in [0.4, 0.5) is 17.1 Å². The van der Waals surface area contributed by atoms with E-state index in [4.69, 9.17) is 15.7 Å². The molecule has 2 aromatic carbocycles. The van der Waals surface area contributed by atoms with Crippen LogP contribution < -0.4 is 11.1 Å². The minimum Gasteiger partial charge on any atom is -0.399 e. The van der Waals surface area contributed by atoms with Gasteiger partial charge in [-0.15, -0.1) is 0 Å². The highest BCUT2D eigenvalue weighted by atomic mass is 32.1. The van der Waals surface area contributed by atoms with E-state index >= 15 is 0 Å². The average molecular weight is 401 g/mol. The van der Waals surface area contributed by atoms with E-state index in [9.17, 15) is 0 Å². The summed E-state index contributed by atoms with van der Waals surface area (Å²) in [4.78, 5) is 10.0. The SMILES string of the molecule is Nc1ccc(Nc2cccc3nc(-c4ccsc4)c(-c4ccsc4)nc23)cc1. The fourth-order valence-corrected chi connectivity index (χ4v) is 4.38. The number of nitrogen functional groups attached to an aromatic ring is 1. The third-order valence-electron chi connectivity index (χ3n) is 4.47. The van der Waals surface area contributed by atoms with Crippen molar-refractivity contribution >= 4 is 50.8 Å². The smallest absolute Gasteiger partial charge is 0.113 e. The molecule has 0 aliphatic heterocycles. The lowest BCUT2D eigenvalue weighted by Gasteiger charge is -2.12. The van der Waals surface area contributed by atoms with Gasteiger partial charge in [-0.1, -0.05) is 6.07 Å². The van der Waals surface area contributed by atoms with Crippen LogP contribution in [0.5, 0.6) is 0 Å². The van der Waals surface area contributed by atoms with Gasteiger partial charge in [-0.25, -0.2) is 9.97 Å². The Bertz CT molecular complexity index is 1230. The number of hydrogen-bond donors (Lipinski definition) is 2. The molecule has 6 heteroatoms. The summed E-state index contributed by atoms with van der Waals surface area (Å²) < 4.78 is 0. The van der Waals surface area contributed by atoms with E-state index in [2.05, 4.69) is 39.0 Å². The summed E-state index contributed by atoms with van der Waals surface area (Å²) >= 11 is 3.33. The summed E-state index contributed by atoms with van der Waals surface area (Å²) in [6.07, 6.45) is 0. The molecule has 0 amide bonds. The summed E-state index contributed by atoms with van der Waals surface area (Å²) in [7, 11) is 0. The maximum absolute atomic E-state index is 5.80. The molecule has 0 saturated carbocycles. The van der Waals surface area contributed by atoms with E-state index in [1.807, 2.05) is 42.5 Å². The molecule has 5 rings (SSSR count). The van der Waals surface area contributed by atoms with Crippen molar-refractivity contribution in [1.29, 1.82) is 0 Å². The van der Waals surface area contributed by atoms with Gasteiger partial charge < -0.3 is 11.1 Å². The van der Waals surface area contributed by atoms with Crippen molar-refractivity contribution in [3.05, 3.63) is 76.1 Å². The van der Waals surface area contributed by atoms with Gasteiger partial charge in [-0.3, -0.25) is 0 Å². The molecule has 0 aliphatic carbocycles. The van der Waals surface area contributed by atoms with E-state index in [1.165, 1.54) is 0 Å². The first kappa shape index (κ1) is 16.9. The molecule has 0 unspecified atom stereocenters. The van der Waals surface area contributed by atoms with Gasteiger partial charge >= 0.3 is 0 Å². The maximum Gasteiger partial charge on any atom is 0.113 e. The summed E-state index contributed by atoms with van der Waals surface area (Å²) in [6.45, 7) is 0. The Hall–Kier alpha value is -3.22. The Morgan fingerprint density at radius 1 is 0.750 bits per heavy atom. The standard InChI is InChI=1S/C22H16N4S2/c23-16-4-6-17(7-5-16)24-18-2-1-3-19-22(18)26-21(15-9-11-28-13-15)20(25-19)14-8-10-27-12-14/h1-13,24H,23H2. The van der Waals surface area contributed by atoms with Crippen LogP contribution in [0.2, 0.25) is 0 Å². The van der Waals surface area contributed by atoms with Gasteiger partial charge in [0.25, 0.3) is 0 Å². The first-order chi connectivity index (χ1) is 13.8. The number of fused-ring (bicyclic) bond motifs is 1. The zero-order valence-electron chi connectivity index (χ0n) is 14.8. The Kier molecular flexibility index (Phi) is 4.27. The molecule has 3 aromatic heterocycles. The zero-order valence-corrected chi connectivity index (χ0v) is 16.4. The van der Waals surface area contributed by atoms with E-state index < -0.39 is 0 Å². The zero-order chi connectivity index (χ0) is 18.9. The number of rotatable bonds is 4. The number of anilines is 3. The van der Waals surface area contributed by atoms with Gasteiger partial charge in [0.2, 0.25) is 0 Å². The number of para-hydroxylation sites is 1. The van der Waals surface area contributed by atoms with Crippen molar-refractivity contribution in [2.45, 2.75) is 0 Å². The third-order valence-corrected chi connectivity index (χ3v) is 5.84. The summed E-state index contributed by atoms with van der Waals surface area (Å²) in [6, 6.07) is 17.9. The van der Waals surface area contributed by atoms with Crippen molar-refractivity contribution in [2.75, 3.05) is 11.1 Å². The Morgan fingerprint density at radius 2 is 1.43 bits per heavy atom. The quantitative estimate of drug-likeness (QED) is 0.342. The molecule has 3 N–H and O–H groups in total. The number of thiophene rings is 2. The maximum atomic E-state index is 5.80. The highest BCUT2D eigenvalue weighted by Crippen LogP contribution is 2.35. The lowest BCUT2D eigenvalue weighted by molar-refractivity contribution is 1.30. The van der Waals surface area contributed by atoms with Crippen molar-refractivity contribution in [1.82, 2.24) is 9.97 Å². The molecule has 0 spiro atoms. The second-order valence-corrected chi connectivity index (χ2v) is 7.93. The average Bonchev–Trinajstić information content (AvgIpc) is 3.43. The molecular weight excluding hydrogens is 384 g/mol. The van der Waals surface area contributed by atoms with Crippen LogP contribution in [0.1, 0.15) is 0 Å². The second-order valence-electron chi connectivity index (χ2n) is 6.37. The van der Waals surface area contributed by atoms with Crippen LogP contribution in [0, 0.1) is 0 Å². The van der Waals surface area contributed by atoms with E-state index in [0.717, 1.165) is 50.6 Å². The number of nitrogens with one attached hydrogen (secondary N) is 1. The molecular formula is C22H16N4S2. The number of nitrogens with two attached hydrogens (primary N) is 1. The van der Waals surface area contributed by atoms with Crippen LogP contribution in [-0.2, 0) is 0 Å². The monoisotopic (exact) mass is 400 g/mol. The van der Waals surface area contributed by atoms with Gasteiger partial charge in [0.1, 0.15) is 5.52 Å². The van der Waals surface area contributed by atoms with Gasteiger partial charge in [0.05, 0.1) is 22.6 Å². The highest BCUT2D eigenvalue weighted by Gasteiger charge is 2.15. The number of benzene rings is 2. The Labute approximate surface area is 170 Å². The Balaban J connectivity index is 1.69. The molecule has 4 nitrogen and oxygen atoms in total. The fourth-order valence-electron chi connectivity index (χ4n) is 3.10. The molecule has 136 valence electrons. The molecule has 0 saturated heterocycles. The molecule has 5 aromatic rings. The lowest BCUT2D eigenvalue weighted by Crippen LogP contribution is -1.98. The molecule has 0 aliphatic rings. The van der Waals surface area contributed by atoms with E-state index in [0.29, 0.717) is 0 Å². The largest absolute Gasteiger partial charge is 0.399 e. The molecule has 28 heavy (non-hydrogen) atoms. The van der Waals surface area contributed by atoms with Gasteiger partial charge in [-0.2, -0.15) is 22.7 Å². The van der Waals surface area contributed by atoms with Crippen LogP contribution in [0.3, 0.4) is 0 Å². The second kappa shape index (κ2) is 7.07. The van der Waals surface area contributed by atoms with Gasteiger partial charge in [-0.05, 0) is 59.3 Å². The highest BCUT2D eigenvalue weighted by molar-refractivity contribution is 7.08. The van der Waals surface area contributed by atoms with Crippen LogP contribution in [0.15, 0.2) is 76.1 Å². The van der Waals surface area contributed by atoms with Crippen molar-refractivity contribution in [2.24, 2.45) is 0 Å². The van der Waals surface area contributed by atoms with Gasteiger partial charge in [0.15, 0.2) is 0 Å². The molecule has 0 bridgehead atoms.